The molecule has 1 aliphatic heterocycles. The van der Waals surface area contributed by atoms with Crippen LogP contribution < -0.4 is 9.64 Å². The Bertz CT molecular complexity index is 1290. The molecule has 33 heavy (non-hydrogen) atoms. The Kier molecular flexibility index (Phi) is 5.83. The predicted octanol–water partition coefficient (Wildman–Crippen LogP) is 4.41. The third kappa shape index (κ3) is 4.22. The monoisotopic (exact) mass is 564 g/mol. The zero-order chi connectivity index (χ0) is 23.0. The molecule has 4 aromatic heterocycles. The summed E-state index contributed by atoms with van der Waals surface area (Å²) in [5.74, 6) is 0.947. The van der Waals surface area contributed by atoms with Crippen LogP contribution in [0.5, 0.6) is 5.88 Å². The number of anilines is 1. The Morgan fingerprint density at radius 1 is 1.12 bits per heavy atom. The van der Waals surface area contributed by atoms with Gasteiger partial charge in [-0.3, -0.25) is 10.1 Å². The van der Waals surface area contributed by atoms with E-state index in [4.69, 9.17) is 14.5 Å². The number of rotatable bonds is 5. The van der Waals surface area contributed by atoms with Crippen molar-refractivity contribution in [2.24, 2.45) is 0 Å². The van der Waals surface area contributed by atoms with Crippen molar-refractivity contribution in [2.45, 2.75) is 3.93 Å². The number of halogens is 3. The van der Waals surface area contributed by atoms with Crippen LogP contribution in [0.3, 0.4) is 0 Å². The quantitative estimate of drug-likeness (QED) is 0.284. The zero-order valence-corrected chi connectivity index (χ0v) is 19.7. The minimum atomic E-state index is -3.08. The molecular formula is C22H19F2IN6O2. The standard InChI is InChI=1S/C22H19F2IN6O2/c1-32-21-16(10-13(12-27-21)22(23,24)25)15-11-18(31-6-8-33-9-7-31)29-19-14(15)2-4-26-20(19)17-3-5-28-30-17/h2-5,10-12H,6-9H2,1H3,(H,28,30). The number of ether oxygens (including phenoxy) is 2. The molecule has 0 radical (unpaired) electrons. The highest BCUT2D eigenvalue weighted by molar-refractivity contribution is 14.1. The van der Waals surface area contributed by atoms with Crippen LogP contribution in [0, 0.1) is 0 Å². The van der Waals surface area contributed by atoms with Gasteiger partial charge in [0.25, 0.3) is 0 Å². The topological polar surface area (TPSA) is 89.0 Å². The SMILES string of the molecule is COc1ncc(C(F)(F)I)cc1-c1cc(N2CCOCC2)nc2c(-c3ccn[nH]3)nccc12. The van der Waals surface area contributed by atoms with E-state index in [2.05, 4.69) is 25.1 Å². The first-order valence-electron chi connectivity index (χ1n) is 10.2. The molecule has 0 atom stereocenters. The van der Waals surface area contributed by atoms with Crippen molar-refractivity contribution in [1.29, 1.82) is 0 Å². The van der Waals surface area contributed by atoms with E-state index in [9.17, 15) is 8.78 Å². The molecule has 0 aromatic carbocycles. The molecule has 1 fully saturated rings. The molecule has 0 unspecified atom stereocenters. The average Bonchev–Trinajstić information content (AvgIpc) is 3.37. The van der Waals surface area contributed by atoms with Crippen LogP contribution in [0.25, 0.3) is 33.4 Å². The Labute approximate surface area is 201 Å². The first kappa shape index (κ1) is 21.9. The third-order valence-corrected chi connectivity index (χ3v) is 6.09. The number of aromatic nitrogens is 5. The van der Waals surface area contributed by atoms with Crippen molar-refractivity contribution in [3.8, 4) is 28.4 Å². The number of methoxy groups -OCH3 is 1. The minimum absolute atomic E-state index is 0.209. The van der Waals surface area contributed by atoms with Gasteiger partial charge >= 0.3 is 3.93 Å². The number of nitrogens with one attached hydrogen (secondary N) is 1. The molecule has 0 bridgehead atoms. The molecule has 4 aromatic rings. The van der Waals surface area contributed by atoms with Gasteiger partial charge in [0.1, 0.15) is 17.0 Å². The summed E-state index contributed by atoms with van der Waals surface area (Å²) in [6.45, 7) is 2.49. The summed E-state index contributed by atoms with van der Waals surface area (Å²) in [6, 6.07) is 6.93. The predicted molar refractivity (Wildman–Crippen MR) is 128 cm³/mol. The number of hydrogen-bond acceptors (Lipinski definition) is 7. The normalized spacial score (nSPS) is 14.6. The maximum Gasteiger partial charge on any atom is 0.323 e. The number of nitrogens with zero attached hydrogens (tertiary/aromatic N) is 5. The molecule has 11 heteroatoms. The van der Waals surface area contributed by atoms with Crippen LogP contribution in [0.1, 0.15) is 5.56 Å². The summed E-state index contributed by atoms with van der Waals surface area (Å²) < 4.78 is 36.2. The highest BCUT2D eigenvalue weighted by atomic mass is 127. The summed E-state index contributed by atoms with van der Waals surface area (Å²) in [4.78, 5) is 15.7. The number of alkyl halides is 3. The van der Waals surface area contributed by atoms with E-state index in [0.29, 0.717) is 60.2 Å². The lowest BCUT2D eigenvalue weighted by molar-refractivity contribution is 0.122. The fourth-order valence-electron chi connectivity index (χ4n) is 3.86. The van der Waals surface area contributed by atoms with Gasteiger partial charge in [0, 0.05) is 70.8 Å². The van der Waals surface area contributed by atoms with Gasteiger partial charge in [0.05, 0.1) is 31.6 Å². The molecule has 0 saturated carbocycles. The molecule has 1 saturated heterocycles. The van der Waals surface area contributed by atoms with Gasteiger partial charge in [-0.05, 0) is 24.3 Å². The molecule has 0 amide bonds. The van der Waals surface area contributed by atoms with Crippen molar-refractivity contribution in [3.63, 3.8) is 0 Å². The zero-order valence-electron chi connectivity index (χ0n) is 17.6. The number of pyridine rings is 3. The Morgan fingerprint density at radius 2 is 1.94 bits per heavy atom. The highest BCUT2D eigenvalue weighted by Crippen LogP contribution is 2.42. The van der Waals surface area contributed by atoms with E-state index >= 15 is 0 Å². The van der Waals surface area contributed by atoms with E-state index in [1.807, 2.05) is 18.2 Å². The van der Waals surface area contributed by atoms with Crippen LogP contribution in [0.2, 0.25) is 0 Å². The van der Waals surface area contributed by atoms with Gasteiger partial charge in [-0.2, -0.15) is 13.9 Å². The van der Waals surface area contributed by atoms with Crippen molar-refractivity contribution >= 4 is 39.3 Å². The van der Waals surface area contributed by atoms with Crippen molar-refractivity contribution < 1.29 is 18.3 Å². The van der Waals surface area contributed by atoms with Crippen molar-refractivity contribution in [1.82, 2.24) is 25.1 Å². The van der Waals surface area contributed by atoms with Gasteiger partial charge in [-0.15, -0.1) is 0 Å². The minimum Gasteiger partial charge on any atom is -0.481 e. The largest absolute Gasteiger partial charge is 0.481 e. The second-order valence-electron chi connectivity index (χ2n) is 7.43. The first-order chi connectivity index (χ1) is 16.0. The van der Waals surface area contributed by atoms with E-state index in [-0.39, 0.29) is 11.4 Å². The Morgan fingerprint density at radius 3 is 2.64 bits per heavy atom. The van der Waals surface area contributed by atoms with Crippen LogP contribution in [-0.2, 0) is 8.67 Å². The second-order valence-corrected chi connectivity index (χ2v) is 8.79. The highest BCUT2D eigenvalue weighted by Gasteiger charge is 2.29. The van der Waals surface area contributed by atoms with Gasteiger partial charge in [-0.25, -0.2) is 9.97 Å². The number of aromatic amines is 1. The lowest BCUT2D eigenvalue weighted by atomic mass is 9.99. The molecule has 0 aliphatic carbocycles. The van der Waals surface area contributed by atoms with Crippen LogP contribution in [0.4, 0.5) is 14.6 Å². The molecule has 170 valence electrons. The van der Waals surface area contributed by atoms with E-state index in [1.54, 1.807) is 12.4 Å². The molecular weight excluding hydrogens is 545 g/mol. The maximum atomic E-state index is 14.2. The van der Waals surface area contributed by atoms with Crippen molar-refractivity contribution in [3.05, 3.63) is 48.4 Å². The molecule has 5 heterocycles. The van der Waals surface area contributed by atoms with Crippen LogP contribution >= 0.6 is 22.6 Å². The van der Waals surface area contributed by atoms with E-state index in [1.165, 1.54) is 13.2 Å². The van der Waals surface area contributed by atoms with E-state index < -0.39 is 3.93 Å². The summed E-state index contributed by atoms with van der Waals surface area (Å²) in [6.07, 6.45) is 4.44. The maximum absolute atomic E-state index is 14.2. The molecule has 1 N–H and O–H groups in total. The smallest absolute Gasteiger partial charge is 0.323 e. The van der Waals surface area contributed by atoms with Gasteiger partial charge in [0.2, 0.25) is 5.88 Å². The van der Waals surface area contributed by atoms with Gasteiger partial charge in [0.15, 0.2) is 0 Å². The first-order valence-corrected chi connectivity index (χ1v) is 11.3. The lowest BCUT2D eigenvalue weighted by Crippen LogP contribution is -2.36. The average molecular weight is 564 g/mol. The number of H-pyrrole nitrogens is 1. The van der Waals surface area contributed by atoms with Crippen molar-refractivity contribution in [2.75, 3.05) is 38.3 Å². The summed E-state index contributed by atoms with van der Waals surface area (Å²) in [5.41, 5.74) is 2.86. The molecule has 1 aliphatic rings. The fraction of sp³-hybridized carbons (Fsp3) is 0.273. The van der Waals surface area contributed by atoms with Gasteiger partial charge in [-0.1, -0.05) is 0 Å². The molecule has 5 rings (SSSR count). The lowest BCUT2D eigenvalue weighted by Gasteiger charge is -2.28. The Balaban J connectivity index is 1.81. The summed E-state index contributed by atoms with van der Waals surface area (Å²) in [5, 5.41) is 7.70. The number of fused-ring (bicyclic) bond motifs is 1. The second kappa shape index (κ2) is 8.78. The number of morpholine rings is 1. The summed E-state index contributed by atoms with van der Waals surface area (Å²) >= 11 is 1.10. The van der Waals surface area contributed by atoms with Gasteiger partial charge < -0.3 is 14.4 Å². The fourth-order valence-corrected chi connectivity index (χ4v) is 4.16. The van der Waals surface area contributed by atoms with Crippen LogP contribution in [-0.4, -0.2) is 58.6 Å². The molecule has 0 spiro atoms. The third-order valence-electron chi connectivity index (χ3n) is 5.47. The van der Waals surface area contributed by atoms with Crippen LogP contribution in [0.15, 0.2) is 42.9 Å². The number of hydrogen-bond donors (Lipinski definition) is 1. The van der Waals surface area contributed by atoms with E-state index in [0.717, 1.165) is 34.2 Å². The summed E-state index contributed by atoms with van der Waals surface area (Å²) in [7, 11) is 1.47. The Hall–Kier alpha value is -2.93. The molecule has 8 nitrogen and oxygen atoms in total.